The number of hydrogen-bond donors (Lipinski definition) is 0. The topological polar surface area (TPSA) is 60.3 Å². The Kier molecular flexibility index (Phi) is 5.38. The third-order valence-electron chi connectivity index (χ3n) is 5.95. The molecule has 31 heavy (non-hydrogen) atoms. The maximum atomic E-state index is 12.6. The fourth-order valence-corrected chi connectivity index (χ4v) is 4.42. The second-order valence-electron chi connectivity index (χ2n) is 7.92. The zero-order valence-corrected chi connectivity index (χ0v) is 17.8. The van der Waals surface area contributed by atoms with Crippen molar-refractivity contribution in [2.45, 2.75) is 39.5 Å². The minimum Gasteiger partial charge on any atom is -0.374 e. The maximum absolute atomic E-state index is 12.6. The molecule has 0 unspecified atom stereocenters. The zero-order chi connectivity index (χ0) is 21.2. The molecule has 0 atom stereocenters. The first-order chi connectivity index (χ1) is 15.3. The molecule has 0 radical (unpaired) electrons. The van der Waals surface area contributed by atoms with Crippen LogP contribution in [0.3, 0.4) is 0 Å². The van der Waals surface area contributed by atoms with Gasteiger partial charge in [-0.25, -0.2) is 4.98 Å². The smallest absolute Gasteiger partial charge is 0.254 e. The van der Waals surface area contributed by atoms with Crippen LogP contribution in [0.25, 0.3) is 21.9 Å². The molecule has 0 saturated carbocycles. The predicted molar refractivity (Wildman–Crippen MR) is 121 cm³/mol. The number of carbonyl (C=O) groups excluding carboxylic acids is 1. The van der Waals surface area contributed by atoms with E-state index in [2.05, 4.69) is 15.6 Å². The van der Waals surface area contributed by atoms with Crippen LogP contribution in [-0.4, -0.2) is 38.5 Å². The SMILES string of the molecule is CCOCc1nc2cnc3ccccc3c2n1CCCCN1Cc2ccccc2C1=O. The van der Waals surface area contributed by atoms with Gasteiger partial charge < -0.3 is 14.2 Å². The summed E-state index contributed by atoms with van der Waals surface area (Å²) < 4.78 is 7.96. The Bertz CT molecular complexity index is 1250. The number of fused-ring (bicyclic) bond motifs is 4. The molecule has 0 spiro atoms. The van der Waals surface area contributed by atoms with Gasteiger partial charge in [-0.15, -0.1) is 0 Å². The molecule has 6 nitrogen and oxygen atoms in total. The van der Waals surface area contributed by atoms with Crippen molar-refractivity contribution in [3.63, 3.8) is 0 Å². The maximum Gasteiger partial charge on any atom is 0.254 e. The number of para-hydroxylation sites is 1. The molecule has 0 fully saturated rings. The minimum atomic E-state index is 0.151. The summed E-state index contributed by atoms with van der Waals surface area (Å²) in [5.74, 6) is 1.08. The summed E-state index contributed by atoms with van der Waals surface area (Å²) in [5.41, 5.74) is 4.97. The Morgan fingerprint density at radius 2 is 1.81 bits per heavy atom. The van der Waals surface area contributed by atoms with E-state index >= 15 is 0 Å². The summed E-state index contributed by atoms with van der Waals surface area (Å²) in [4.78, 5) is 23.9. The number of amides is 1. The zero-order valence-electron chi connectivity index (χ0n) is 17.8. The third kappa shape index (κ3) is 3.68. The van der Waals surface area contributed by atoms with E-state index < -0.39 is 0 Å². The summed E-state index contributed by atoms with van der Waals surface area (Å²) in [6.07, 6.45) is 3.75. The Morgan fingerprint density at radius 1 is 1.00 bits per heavy atom. The van der Waals surface area contributed by atoms with Gasteiger partial charge in [0.15, 0.2) is 0 Å². The number of ether oxygens (including phenoxy) is 1. The van der Waals surface area contributed by atoms with Crippen molar-refractivity contribution < 1.29 is 9.53 Å². The summed E-state index contributed by atoms with van der Waals surface area (Å²) in [6, 6.07) is 16.1. The molecule has 6 heteroatoms. The Balaban J connectivity index is 1.33. The van der Waals surface area contributed by atoms with Crippen LogP contribution in [0.2, 0.25) is 0 Å². The van der Waals surface area contributed by atoms with Gasteiger partial charge in [-0.05, 0) is 37.5 Å². The Labute approximate surface area is 181 Å². The Morgan fingerprint density at radius 3 is 2.68 bits per heavy atom. The van der Waals surface area contributed by atoms with E-state index in [-0.39, 0.29) is 5.91 Å². The Hall–Kier alpha value is -3.25. The highest BCUT2D eigenvalue weighted by molar-refractivity contribution is 6.02. The largest absolute Gasteiger partial charge is 0.374 e. The molecule has 4 aromatic rings. The van der Waals surface area contributed by atoms with Crippen LogP contribution in [0, 0.1) is 0 Å². The molecule has 0 saturated heterocycles. The molecule has 0 bridgehead atoms. The standard InChI is InChI=1S/C25H26N4O2/c1-2-31-17-23-27-22-15-26-21-12-6-5-11-20(21)24(22)29(23)14-8-7-13-28-16-18-9-3-4-10-19(18)25(28)30/h3-6,9-12,15H,2,7-8,13-14,16-17H2,1H3. The second kappa shape index (κ2) is 8.47. The molecule has 3 heterocycles. The van der Waals surface area contributed by atoms with Crippen molar-refractivity contribution in [1.29, 1.82) is 0 Å². The summed E-state index contributed by atoms with van der Waals surface area (Å²) in [5, 5.41) is 1.11. The lowest BCUT2D eigenvalue weighted by Gasteiger charge is -2.16. The molecule has 1 aliphatic heterocycles. The lowest BCUT2D eigenvalue weighted by molar-refractivity contribution is 0.0775. The second-order valence-corrected chi connectivity index (χ2v) is 7.92. The van der Waals surface area contributed by atoms with Crippen LogP contribution in [0.15, 0.2) is 54.7 Å². The van der Waals surface area contributed by atoms with Gasteiger partial charge in [0.1, 0.15) is 17.9 Å². The van der Waals surface area contributed by atoms with Crippen molar-refractivity contribution in [2.75, 3.05) is 13.2 Å². The average Bonchev–Trinajstić information content (AvgIpc) is 3.33. The summed E-state index contributed by atoms with van der Waals surface area (Å²) in [6.45, 7) is 5.45. The molecule has 2 aromatic heterocycles. The number of rotatable bonds is 8. The highest BCUT2D eigenvalue weighted by atomic mass is 16.5. The molecule has 5 rings (SSSR count). The number of carbonyl (C=O) groups is 1. The molecule has 158 valence electrons. The number of nitrogens with zero attached hydrogens (tertiary/aromatic N) is 4. The first-order valence-corrected chi connectivity index (χ1v) is 10.9. The molecule has 2 aromatic carbocycles. The molecule has 0 N–H and O–H groups in total. The number of pyridine rings is 1. The number of benzene rings is 2. The fraction of sp³-hybridized carbons (Fsp3) is 0.320. The van der Waals surface area contributed by atoms with Gasteiger partial charge in [-0.3, -0.25) is 9.78 Å². The van der Waals surface area contributed by atoms with E-state index in [1.165, 1.54) is 0 Å². The molecular weight excluding hydrogens is 388 g/mol. The average molecular weight is 415 g/mol. The quantitative estimate of drug-likeness (QED) is 0.397. The number of hydrogen-bond acceptors (Lipinski definition) is 4. The van der Waals surface area contributed by atoms with Crippen molar-refractivity contribution in [3.05, 3.63) is 71.7 Å². The summed E-state index contributed by atoms with van der Waals surface area (Å²) >= 11 is 0. The first kappa shape index (κ1) is 19.7. The van der Waals surface area contributed by atoms with Crippen LogP contribution in [0.5, 0.6) is 0 Å². The van der Waals surface area contributed by atoms with Gasteiger partial charge in [-0.1, -0.05) is 36.4 Å². The predicted octanol–water partition coefficient (Wildman–Crippen LogP) is 4.56. The normalized spacial score (nSPS) is 13.5. The van der Waals surface area contributed by atoms with Crippen molar-refractivity contribution >= 4 is 27.8 Å². The van der Waals surface area contributed by atoms with Crippen LogP contribution in [0.4, 0.5) is 0 Å². The van der Waals surface area contributed by atoms with Gasteiger partial charge in [0.2, 0.25) is 0 Å². The number of unbranched alkanes of at least 4 members (excludes halogenated alkanes) is 1. The van der Waals surface area contributed by atoms with E-state index in [9.17, 15) is 4.79 Å². The first-order valence-electron chi connectivity index (χ1n) is 10.9. The highest BCUT2D eigenvalue weighted by Crippen LogP contribution is 2.26. The van der Waals surface area contributed by atoms with Crippen LogP contribution >= 0.6 is 0 Å². The molecule has 1 aliphatic rings. The summed E-state index contributed by atoms with van der Waals surface area (Å²) in [7, 11) is 0. The lowest BCUT2D eigenvalue weighted by atomic mass is 10.1. The van der Waals surface area contributed by atoms with Gasteiger partial charge in [0.05, 0.1) is 17.2 Å². The third-order valence-corrected chi connectivity index (χ3v) is 5.95. The van der Waals surface area contributed by atoms with E-state index in [1.54, 1.807) is 0 Å². The minimum absolute atomic E-state index is 0.151. The van der Waals surface area contributed by atoms with E-state index in [4.69, 9.17) is 9.72 Å². The number of imidazole rings is 1. The van der Waals surface area contributed by atoms with Gasteiger partial charge in [0.25, 0.3) is 5.91 Å². The van der Waals surface area contributed by atoms with E-state index in [1.807, 2.05) is 60.5 Å². The molecule has 1 amide bonds. The van der Waals surface area contributed by atoms with Crippen molar-refractivity contribution in [3.8, 4) is 0 Å². The number of aryl methyl sites for hydroxylation is 1. The molecular formula is C25H26N4O2. The monoisotopic (exact) mass is 414 g/mol. The van der Waals surface area contributed by atoms with Crippen molar-refractivity contribution in [2.24, 2.45) is 0 Å². The van der Waals surface area contributed by atoms with Crippen LogP contribution in [0.1, 0.15) is 41.5 Å². The number of aromatic nitrogens is 3. The van der Waals surface area contributed by atoms with E-state index in [0.29, 0.717) is 13.2 Å². The lowest BCUT2D eigenvalue weighted by Crippen LogP contribution is -2.25. The van der Waals surface area contributed by atoms with Crippen LogP contribution < -0.4 is 0 Å². The fourth-order valence-electron chi connectivity index (χ4n) is 4.42. The van der Waals surface area contributed by atoms with Crippen LogP contribution in [-0.2, 0) is 24.4 Å². The van der Waals surface area contributed by atoms with Gasteiger partial charge in [0, 0.05) is 37.2 Å². The van der Waals surface area contributed by atoms with E-state index in [0.717, 1.165) is 71.4 Å². The van der Waals surface area contributed by atoms with Crippen molar-refractivity contribution in [1.82, 2.24) is 19.4 Å². The van der Waals surface area contributed by atoms with Gasteiger partial charge >= 0.3 is 0 Å². The highest BCUT2D eigenvalue weighted by Gasteiger charge is 2.26. The van der Waals surface area contributed by atoms with Gasteiger partial charge in [-0.2, -0.15) is 0 Å². The molecule has 0 aliphatic carbocycles.